The number of hydrogen-bond donors (Lipinski definition) is 2. The number of aromatic amines is 1. The van der Waals surface area contributed by atoms with E-state index in [1.807, 2.05) is 12.1 Å². The molecule has 1 aliphatic rings. The van der Waals surface area contributed by atoms with Crippen LogP contribution in [0.3, 0.4) is 0 Å². The molecule has 1 unspecified atom stereocenters. The van der Waals surface area contributed by atoms with Crippen LogP contribution in [0.1, 0.15) is 17.7 Å². The number of anilines is 1. The third-order valence-corrected chi connectivity index (χ3v) is 4.12. The van der Waals surface area contributed by atoms with Crippen LogP contribution in [-0.2, 0) is 17.6 Å². The van der Waals surface area contributed by atoms with Gasteiger partial charge in [0, 0.05) is 28.3 Å². The number of aromatic nitrogens is 1. The Bertz CT molecular complexity index is 615. The number of amides is 1. The van der Waals surface area contributed by atoms with Gasteiger partial charge < -0.3 is 15.2 Å². The van der Waals surface area contributed by atoms with Crippen LogP contribution in [-0.4, -0.2) is 36.4 Å². The lowest BCUT2D eigenvalue weighted by Gasteiger charge is -2.28. The molecule has 0 aliphatic heterocycles. The lowest BCUT2D eigenvalue weighted by molar-refractivity contribution is -0.105. The van der Waals surface area contributed by atoms with Crippen LogP contribution in [0.4, 0.5) is 5.69 Å². The number of hydrogen-bond acceptors (Lipinski definition) is 2. The maximum atomic E-state index is 10.6. The Hall–Kier alpha value is -1.81. The zero-order chi connectivity index (χ0) is 13.4. The first kappa shape index (κ1) is 12.2. The minimum absolute atomic E-state index is 0.606. The van der Waals surface area contributed by atoms with Crippen LogP contribution in [0.5, 0.6) is 0 Å². The van der Waals surface area contributed by atoms with E-state index in [1.54, 1.807) is 0 Å². The van der Waals surface area contributed by atoms with Crippen LogP contribution < -0.4 is 5.32 Å². The molecule has 0 saturated carbocycles. The Labute approximate surface area is 112 Å². The van der Waals surface area contributed by atoms with E-state index in [0.29, 0.717) is 6.04 Å². The van der Waals surface area contributed by atoms with Gasteiger partial charge in [-0.15, -0.1) is 0 Å². The van der Waals surface area contributed by atoms with Gasteiger partial charge in [0.2, 0.25) is 6.41 Å². The molecule has 2 N–H and O–H groups in total. The van der Waals surface area contributed by atoms with E-state index in [4.69, 9.17) is 0 Å². The van der Waals surface area contributed by atoms with Gasteiger partial charge in [-0.2, -0.15) is 0 Å². The van der Waals surface area contributed by atoms with Crippen molar-refractivity contribution in [2.45, 2.75) is 25.3 Å². The first-order chi connectivity index (χ1) is 9.19. The lowest BCUT2D eigenvalue weighted by Crippen LogP contribution is -2.33. The minimum atomic E-state index is 0.606. The van der Waals surface area contributed by atoms with E-state index in [1.165, 1.54) is 28.6 Å². The number of aryl methyl sites for hydroxylation is 1. The van der Waals surface area contributed by atoms with E-state index in [9.17, 15) is 4.79 Å². The van der Waals surface area contributed by atoms with E-state index in [-0.39, 0.29) is 0 Å². The summed E-state index contributed by atoms with van der Waals surface area (Å²) in [6.07, 6.45) is 4.10. The Morgan fingerprint density at radius 2 is 2.26 bits per heavy atom. The van der Waals surface area contributed by atoms with Crippen molar-refractivity contribution in [2.75, 3.05) is 19.4 Å². The molecule has 1 atom stereocenters. The molecule has 1 amide bonds. The second-order valence-electron chi connectivity index (χ2n) is 5.46. The second-order valence-corrected chi connectivity index (χ2v) is 5.46. The van der Waals surface area contributed by atoms with Gasteiger partial charge in [0.05, 0.1) is 0 Å². The highest BCUT2D eigenvalue weighted by atomic mass is 16.1. The third kappa shape index (κ3) is 2.12. The fourth-order valence-corrected chi connectivity index (χ4v) is 3.00. The number of H-pyrrole nitrogens is 1. The molecule has 2 aromatic rings. The average molecular weight is 257 g/mol. The number of nitrogens with zero attached hydrogens (tertiary/aromatic N) is 1. The molecule has 1 aliphatic carbocycles. The molecule has 1 aromatic carbocycles. The average Bonchev–Trinajstić information content (AvgIpc) is 2.76. The van der Waals surface area contributed by atoms with Crippen molar-refractivity contribution in [3.63, 3.8) is 0 Å². The van der Waals surface area contributed by atoms with E-state index in [0.717, 1.165) is 24.9 Å². The van der Waals surface area contributed by atoms with Crippen molar-refractivity contribution in [3.8, 4) is 0 Å². The third-order valence-electron chi connectivity index (χ3n) is 4.12. The lowest BCUT2D eigenvalue weighted by atomic mass is 9.91. The molecular formula is C15H19N3O. The molecular weight excluding hydrogens is 238 g/mol. The zero-order valence-corrected chi connectivity index (χ0v) is 11.4. The van der Waals surface area contributed by atoms with Gasteiger partial charge in [-0.25, -0.2) is 0 Å². The van der Waals surface area contributed by atoms with Gasteiger partial charge >= 0.3 is 0 Å². The molecule has 0 bridgehead atoms. The molecule has 100 valence electrons. The summed E-state index contributed by atoms with van der Waals surface area (Å²) < 4.78 is 0. The smallest absolute Gasteiger partial charge is 0.211 e. The van der Waals surface area contributed by atoms with Gasteiger partial charge in [0.15, 0.2) is 0 Å². The standard InChI is InChI=1S/C15H19N3O/c1-18(2)11-4-6-15-13(8-11)12-7-10(16-9-19)3-5-14(12)17-15/h3,5,7,9,11,17H,4,6,8H2,1-2H3,(H,16,19). The van der Waals surface area contributed by atoms with Crippen LogP contribution in [0.25, 0.3) is 10.9 Å². The van der Waals surface area contributed by atoms with Crippen molar-refractivity contribution in [1.82, 2.24) is 9.88 Å². The van der Waals surface area contributed by atoms with Crippen molar-refractivity contribution in [2.24, 2.45) is 0 Å². The van der Waals surface area contributed by atoms with Crippen molar-refractivity contribution in [3.05, 3.63) is 29.5 Å². The van der Waals surface area contributed by atoms with E-state index >= 15 is 0 Å². The number of benzene rings is 1. The van der Waals surface area contributed by atoms with Crippen molar-refractivity contribution in [1.29, 1.82) is 0 Å². The number of fused-ring (bicyclic) bond motifs is 3. The summed E-state index contributed by atoms with van der Waals surface area (Å²) in [6, 6.07) is 6.65. The van der Waals surface area contributed by atoms with Gasteiger partial charge in [0.25, 0.3) is 0 Å². The van der Waals surface area contributed by atoms with Crippen LogP contribution >= 0.6 is 0 Å². The van der Waals surface area contributed by atoms with Gasteiger partial charge in [-0.3, -0.25) is 4.79 Å². The molecule has 4 heteroatoms. The summed E-state index contributed by atoms with van der Waals surface area (Å²) in [5.41, 5.74) is 4.79. The first-order valence-corrected chi connectivity index (χ1v) is 6.69. The maximum Gasteiger partial charge on any atom is 0.211 e. The number of rotatable bonds is 3. The topological polar surface area (TPSA) is 48.1 Å². The molecule has 1 aromatic heterocycles. The molecule has 0 radical (unpaired) electrons. The monoisotopic (exact) mass is 257 g/mol. The second kappa shape index (κ2) is 4.70. The van der Waals surface area contributed by atoms with Crippen LogP contribution in [0.15, 0.2) is 18.2 Å². The molecule has 1 heterocycles. The van der Waals surface area contributed by atoms with Crippen LogP contribution in [0.2, 0.25) is 0 Å². The summed E-state index contributed by atoms with van der Waals surface area (Å²) in [5.74, 6) is 0. The summed E-state index contributed by atoms with van der Waals surface area (Å²) in [4.78, 5) is 16.4. The number of carbonyl (C=O) groups is 1. The van der Waals surface area contributed by atoms with Crippen LogP contribution in [0, 0.1) is 0 Å². The quantitative estimate of drug-likeness (QED) is 0.828. The van der Waals surface area contributed by atoms with E-state index < -0.39 is 0 Å². The summed E-state index contributed by atoms with van der Waals surface area (Å²) in [7, 11) is 4.29. The highest BCUT2D eigenvalue weighted by Crippen LogP contribution is 2.31. The molecule has 0 fully saturated rings. The molecule has 19 heavy (non-hydrogen) atoms. The number of carbonyl (C=O) groups excluding carboxylic acids is 1. The van der Waals surface area contributed by atoms with Gasteiger partial charge in [-0.05, 0) is 57.1 Å². The first-order valence-electron chi connectivity index (χ1n) is 6.69. The normalized spacial score (nSPS) is 18.6. The Kier molecular flexibility index (Phi) is 3.03. The predicted molar refractivity (Wildman–Crippen MR) is 77.5 cm³/mol. The zero-order valence-electron chi connectivity index (χ0n) is 11.4. The van der Waals surface area contributed by atoms with Gasteiger partial charge in [-0.1, -0.05) is 0 Å². The molecule has 4 nitrogen and oxygen atoms in total. The molecule has 0 saturated heterocycles. The Morgan fingerprint density at radius 1 is 1.42 bits per heavy atom. The summed E-state index contributed by atoms with van der Waals surface area (Å²) in [6.45, 7) is 0. The summed E-state index contributed by atoms with van der Waals surface area (Å²) in [5, 5.41) is 3.97. The number of likely N-dealkylation sites (N-methyl/N-ethyl adjacent to an activating group) is 1. The maximum absolute atomic E-state index is 10.6. The van der Waals surface area contributed by atoms with E-state index in [2.05, 4.69) is 35.4 Å². The number of nitrogens with one attached hydrogen (secondary N) is 2. The Morgan fingerprint density at radius 3 is 3.00 bits per heavy atom. The molecule has 0 spiro atoms. The fourth-order valence-electron chi connectivity index (χ4n) is 3.00. The van der Waals surface area contributed by atoms with Crippen molar-refractivity contribution < 1.29 is 4.79 Å². The molecule has 3 rings (SSSR count). The van der Waals surface area contributed by atoms with Crippen molar-refractivity contribution >= 4 is 23.0 Å². The van der Waals surface area contributed by atoms with Gasteiger partial charge in [0.1, 0.15) is 0 Å². The highest BCUT2D eigenvalue weighted by Gasteiger charge is 2.23. The fraction of sp³-hybridized carbons (Fsp3) is 0.400. The predicted octanol–water partition coefficient (Wildman–Crippen LogP) is 2.16. The Balaban J connectivity index is 2.05. The summed E-state index contributed by atoms with van der Waals surface area (Å²) >= 11 is 0. The SMILES string of the molecule is CN(C)C1CCc2[nH]c3ccc(NC=O)cc3c2C1. The highest BCUT2D eigenvalue weighted by molar-refractivity contribution is 5.89. The largest absolute Gasteiger partial charge is 0.358 e. The minimum Gasteiger partial charge on any atom is -0.358 e.